The summed E-state index contributed by atoms with van der Waals surface area (Å²) in [6.45, 7) is 4.00. The summed E-state index contributed by atoms with van der Waals surface area (Å²) in [6.07, 6.45) is 3.27. The third-order valence-corrected chi connectivity index (χ3v) is 1.73. The Morgan fingerprint density at radius 2 is 1.57 bits per heavy atom. The number of aromatic nitrogens is 1. The Labute approximate surface area is 82.7 Å². The van der Waals surface area contributed by atoms with Gasteiger partial charge in [0, 0.05) is 17.8 Å². The predicted molar refractivity (Wildman–Crippen MR) is 56.4 cm³/mol. The van der Waals surface area contributed by atoms with E-state index in [4.69, 9.17) is 10.2 Å². The zero-order valence-electron chi connectivity index (χ0n) is 8.23. The standard InChI is InChI=1S/C9H7NO2.C2H6/c11-8-3-6-1-2-10-5-7(6)4-9(8)12;1-2/h1-5,11-12H;1-2H3. The summed E-state index contributed by atoms with van der Waals surface area (Å²) >= 11 is 0. The van der Waals surface area contributed by atoms with Crippen molar-refractivity contribution in [1.82, 2.24) is 4.98 Å². The fourth-order valence-corrected chi connectivity index (χ4v) is 1.11. The highest BCUT2D eigenvalue weighted by Crippen LogP contribution is 2.29. The van der Waals surface area contributed by atoms with Gasteiger partial charge in [0.05, 0.1) is 0 Å². The first-order chi connectivity index (χ1) is 6.77. The van der Waals surface area contributed by atoms with Gasteiger partial charge in [0.25, 0.3) is 0 Å². The van der Waals surface area contributed by atoms with Gasteiger partial charge in [0.1, 0.15) is 0 Å². The van der Waals surface area contributed by atoms with Gasteiger partial charge < -0.3 is 10.2 Å². The lowest BCUT2D eigenvalue weighted by Gasteiger charge is -1.99. The molecule has 2 aromatic rings. The molecule has 2 rings (SSSR count). The molecule has 0 aliphatic carbocycles. The number of rotatable bonds is 0. The van der Waals surface area contributed by atoms with Crippen LogP contribution in [0.3, 0.4) is 0 Å². The maximum atomic E-state index is 9.15. The number of nitrogens with zero attached hydrogens (tertiary/aromatic N) is 1. The summed E-state index contributed by atoms with van der Waals surface area (Å²) in [4.78, 5) is 3.89. The topological polar surface area (TPSA) is 53.4 Å². The van der Waals surface area contributed by atoms with Crippen LogP contribution in [0.2, 0.25) is 0 Å². The number of phenols is 2. The summed E-state index contributed by atoms with van der Waals surface area (Å²) in [5.74, 6) is -0.218. The number of benzene rings is 1. The van der Waals surface area contributed by atoms with Crippen LogP contribution in [-0.4, -0.2) is 15.2 Å². The Balaban J connectivity index is 0.000000461. The molecule has 1 heterocycles. The zero-order chi connectivity index (χ0) is 10.6. The van der Waals surface area contributed by atoms with Gasteiger partial charge in [-0.25, -0.2) is 0 Å². The van der Waals surface area contributed by atoms with E-state index in [0.717, 1.165) is 10.8 Å². The second-order valence-corrected chi connectivity index (χ2v) is 2.56. The SMILES string of the molecule is CC.Oc1cc2ccncc2cc1O. The fraction of sp³-hybridized carbons (Fsp3) is 0.182. The van der Waals surface area contributed by atoms with Crippen LogP contribution < -0.4 is 0 Å². The number of hydrogen-bond acceptors (Lipinski definition) is 3. The summed E-state index contributed by atoms with van der Waals surface area (Å²) < 4.78 is 0. The van der Waals surface area contributed by atoms with E-state index in [1.165, 1.54) is 12.1 Å². The lowest BCUT2D eigenvalue weighted by Crippen LogP contribution is -1.75. The van der Waals surface area contributed by atoms with Crippen LogP contribution in [0.25, 0.3) is 10.8 Å². The van der Waals surface area contributed by atoms with Crippen LogP contribution in [0.1, 0.15) is 13.8 Å². The summed E-state index contributed by atoms with van der Waals surface area (Å²) in [6, 6.07) is 4.76. The molecule has 0 unspecified atom stereocenters. The molecule has 0 spiro atoms. The van der Waals surface area contributed by atoms with Crippen molar-refractivity contribution in [2.75, 3.05) is 0 Å². The van der Waals surface area contributed by atoms with Gasteiger partial charge in [0.15, 0.2) is 11.5 Å². The largest absolute Gasteiger partial charge is 0.504 e. The van der Waals surface area contributed by atoms with E-state index in [9.17, 15) is 0 Å². The Kier molecular flexibility index (Phi) is 3.29. The summed E-state index contributed by atoms with van der Waals surface area (Å²) in [5.41, 5.74) is 0. The number of hydrogen-bond donors (Lipinski definition) is 2. The third-order valence-electron chi connectivity index (χ3n) is 1.73. The molecule has 3 heteroatoms. The Morgan fingerprint density at radius 3 is 2.21 bits per heavy atom. The molecule has 0 saturated heterocycles. The molecule has 0 aliphatic rings. The molecule has 0 bridgehead atoms. The fourth-order valence-electron chi connectivity index (χ4n) is 1.11. The van der Waals surface area contributed by atoms with Crippen LogP contribution in [-0.2, 0) is 0 Å². The van der Waals surface area contributed by atoms with Crippen molar-refractivity contribution in [3.8, 4) is 11.5 Å². The van der Waals surface area contributed by atoms with Gasteiger partial charge in [-0.05, 0) is 23.6 Å². The van der Waals surface area contributed by atoms with Crippen molar-refractivity contribution >= 4 is 10.8 Å². The van der Waals surface area contributed by atoms with Crippen molar-refractivity contribution in [2.24, 2.45) is 0 Å². The van der Waals surface area contributed by atoms with Crippen LogP contribution in [0, 0.1) is 0 Å². The molecular formula is C11H13NO2. The van der Waals surface area contributed by atoms with Gasteiger partial charge in [0.2, 0.25) is 0 Å². The van der Waals surface area contributed by atoms with E-state index in [2.05, 4.69) is 4.98 Å². The average Bonchev–Trinajstić information content (AvgIpc) is 2.23. The van der Waals surface area contributed by atoms with Crippen molar-refractivity contribution in [3.63, 3.8) is 0 Å². The number of fused-ring (bicyclic) bond motifs is 1. The normalized spacial score (nSPS) is 9.29. The molecule has 0 aliphatic heterocycles. The van der Waals surface area contributed by atoms with Crippen LogP contribution in [0.15, 0.2) is 30.6 Å². The van der Waals surface area contributed by atoms with Crippen molar-refractivity contribution in [1.29, 1.82) is 0 Å². The number of phenolic OH excluding ortho intramolecular Hbond substituents is 2. The molecule has 0 saturated carbocycles. The van der Waals surface area contributed by atoms with Crippen molar-refractivity contribution in [2.45, 2.75) is 13.8 Å². The first-order valence-corrected chi connectivity index (χ1v) is 4.53. The Morgan fingerprint density at radius 1 is 1.00 bits per heavy atom. The second-order valence-electron chi connectivity index (χ2n) is 2.56. The summed E-state index contributed by atoms with van der Waals surface area (Å²) in [5, 5.41) is 20.0. The van der Waals surface area contributed by atoms with Gasteiger partial charge in [-0.1, -0.05) is 13.8 Å². The Bertz CT molecular complexity index is 386. The summed E-state index contributed by atoms with van der Waals surface area (Å²) in [7, 11) is 0. The van der Waals surface area contributed by atoms with Crippen LogP contribution in [0.5, 0.6) is 11.5 Å². The highest BCUT2D eigenvalue weighted by Gasteiger charge is 2.00. The molecule has 74 valence electrons. The van der Waals surface area contributed by atoms with Gasteiger partial charge in [-0.3, -0.25) is 4.98 Å². The maximum absolute atomic E-state index is 9.15. The number of pyridine rings is 1. The van der Waals surface area contributed by atoms with E-state index in [1.807, 2.05) is 13.8 Å². The average molecular weight is 191 g/mol. The first-order valence-electron chi connectivity index (χ1n) is 4.53. The minimum atomic E-state index is -0.115. The van der Waals surface area contributed by atoms with E-state index >= 15 is 0 Å². The monoisotopic (exact) mass is 191 g/mol. The van der Waals surface area contributed by atoms with E-state index in [0.29, 0.717) is 0 Å². The van der Waals surface area contributed by atoms with E-state index < -0.39 is 0 Å². The molecular weight excluding hydrogens is 178 g/mol. The third kappa shape index (κ3) is 1.93. The molecule has 0 atom stereocenters. The maximum Gasteiger partial charge on any atom is 0.158 e. The van der Waals surface area contributed by atoms with Gasteiger partial charge in [-0.15, -0.1) is 0 Å². The molecule has 3 nitrogen and oxygen atoms in total. The predicted octanol–water partition coefficient (Wildman–Crippen LogP) is 2.67. The minimum Gasteiger partial charge on any atom is -0.504 e. The molecule has 2 N–H and O–H groups in total. The molecule has 0 fully saturated rings. The molecule has 0 radical (unpaired) electrons. The minimum absolute atomic E-state index is 0.103. The smallest absolute Gasteiger partial charge is 0.158 e. The quantitative estimate of drug-likeness (QED) is 0.629. The van der Waals surface area contributed by atoms with E-state index in [1.54, 1.807) is 18.5 Å². The van der Waals surface area contributed by atoms with E-state index in [-0.39, 0.29) is 11.5 Å². The molecule has 1 aromatic carbocycles. The number of aromatic hydroxyl groups is 2. The molecule has 0 amide bonds. The Hall–Kier alpha value is -1.77. The zero-order valence-corrected chi connectivity index (χ0v) is 8.23. The van der Waals surface area contributed by atoms with Crippen molar-refractivity contribution in [3.05, 3.63) is 30.6 Å². The van der Waals surface area contributed by atoms with Gasteiger partial charge >= 0.3 is 0 Å². The van der Waals surface area contributed by atoms with Crippen LogP contribution in [0.4, 0.5) is 0 Å². The van der Waals surface area contributed by atoms with Crippen LogP contribution >= 0.6 is 0 Å². The highest BCUT2D eigenvalue weighted by molar-refractivity contribution is 5.84. The van der Waals surface area contributed by atoms with Gasteiger partial charge in [-0.2, -0.15) is 0 Å². The second kappa shape index (κ2) is 4.46. The molecule has 14 heavy (non-hydrogen) atoms. The molecule has 1 aromatic heterocycles. The highest BCUT2D eigenvalue weighted by atomic mass is 16.3. The lowest BCUT2D eigenvalue weighted by atomic mass is 10.1. The lowest BCUT2D eigenvalue weighted by molar-refractivity contribution is 0.405. The van der Waals surface area contributed by atoms with Crippen molar-refractivity contribution < 1.29 is 10.2 Å². The first kappa shape index (κ1) is 10.3.